The van der Waals surface area contributed by atoms with E-state index >= 15 is 0 Å². The van der Waals surface area contributed by atoms with Gasteiger partial charge in [-0.15, -0.1) is 0 Å². The molecule has 2 aromatic carbocycles. The second kappa shape index (κ2) is 10.0. The summed E-state index contributed by atoms with van der Waals surface area (Å²) in [5, 5.41) is 6.41. The van der Waals surface area contributed by atoms with Gasteiger partial charge < -0.3 is 24.7 Å². The fraction of sp³-hybridized carbons (Fsp3) is 0.200. The summed E-state index contributed by atoms with van der Waals surface area (Å²) in [4.78, 5) is 8.84. The van der Waals surface area contributed by atoms with Gasteiger partial charge >= 0.3 is 0 Å². The number of aryl methyl sites for hydroxylation is 1. The highest BCUT2D eigenvalue weighted by molar-refractivity contribution is 6.01. The smallest absolute Gasteiger partial charge is 0.168 e. The highest BCUT2D eigenvalue weighted by atomic mass is 19.1. The van der Waals surface area contributed by atoms with Gasteiger partial charge in [-0.25, -0.2) is 9.37 Å². The minimum absolute atomic E-state index is 0.270. The minimum atomic E-state index is -0.270. The normalized spacial score (nSPS) is 15.1. The highest BCUT2D eigenvalue weighted by Crippen LogP contribution is 2.26. The molecule has 1 aliphatic rings. The lowest BCUT2D eigenvalue weighted by molar-refractivity contribution is 0.233. The zero-order valence-corrected chi connectivity index (χ0v) is 18.8. The quantitative estimate of drug-likeness (QED) is 0.575. The molecular formula is C25H26FN5O2. The molecule has 4 rings (SSSR count). The standard InChI is InChI=1S/C25H26FN5O2/c1-17(30-21-7-5-20(26)6-8-21)14-28-25-24(33-11-10-27-25)13-19-4-9-22(23(12-19)32-3)31-15-18(2)29-16-31/h4-9,12-16,30H,10-11H2,1-3H3,(H,27,28)/b17-14-,24-13-. The van der Waals surface area contributed by atoms with E-state index in [1.54, 1.807) is 31.8 Å². The van der Waals surface area contributed by atoms with E-state index in [1.807, 2.05) is 48.9 Å². The van der Waals surface area contributed by atoms with E-state index in [1.165, 1.54) is 12.1 Å². The Morgan fingerprint density at radius 1 is 1.21 bits per heavy atom. The zero-order valence-electron chi connectivity index (χ0n) is 18.8. The van der Waals surface area contributed by atoms with Gasteiger partial charge in [-0.2, -0.15) is 0 Å². The third kappa shape index (κ3) is 5.60. The maximum Gasteiger partial charge on any atom is 0.168 e. The molecule has 0 amide bonds. The van der Waals surface area contributed by atoms with Crippen molar-refractivity contribution in [1.82, 2.24) is 14.9 Å². The Labute approximate surface area is 192 Å². The fourth-order valence-electron chi connectivity index (χ4n) is 3.36. The number of imidazole rings is 1. The summed E-state index contributed by atoms with van der Waals surface area (Å²) in [6.07, 6.45) is 7.44. The Morgan fingerprint density at radius 2 is 2.03 bits per heavy atom. The first-order valence-corrected chi connectivity index (χ1v) is 10.6. The van der Waals surface area contributed by atoms with E-state index < -0.39 is 0 Å². The number of aliphatic imine (C=N–C) groups is 1. The number of hydrogen-bond acceptors (Lipinski definition) is 6. The molecule has 2 heterocycles. The molecule has 3 aromatic rings. The summed E-state index contributed by atoms with van der Waals surface area (Å²) in [5.74, 6) is 1.73. The largest absolute Gasteiger partial charge is 0.495 e. The molecule has 0 aliphatic carbocycles. The molecule has 1 aliphatic heterocycles. The molecule has 0 atom stereocenters. The Morgan fingerprint density at radius 3 is 2.76 bits per heavy atom. The number of nitrogens with one attached hydrogen (secondary N) is 2. The van der Waals surface area contributed by atoms with Crippen LogP contribution in [0.3, 0.4) is 0 Å². The molecule has 0 saturated carbocycles. The van der Waals surface area contributed by atoms with Crippen LogP contribution in [0.15, 0.2) is 77.6 Å². The third-order valence-electron chi connectivity index (χ3n) is 4.95. The highest BCUT2D eigenvalue weighted by Gasteiger charge is 2.14. The van der Waals surface area contributed by atoms with Crippen molar-refractivity contribution in [2.24, 2.45) is 4.99 Å². The van der Waals surface area contributed by atoms with E-state index in [0.29, 0.717) is 24.7 Å². The molecule has 0 unspecified atom stereocenters. The van der Waals surface area contributed by atoms with Crippen LogP contribution in [0, 0.1) is 12.7 Å². The van der Waals surface area contributed by atoms with Gasteiger partial charge in [0, 0.05) is 23.8 Å². The summed E-state index contributed by atoms with van der Waals surface area (Å²) in [6.45, 7) is 4.93. The van der Waals surface area contributed by atoms with Crippen molar-refractivity contribution in [2.45, 2.75) is 13.8 Å². The molecule has 8 heteroatoms. The Balaban J connectivity index is 1.51. The number of anilines is 1. The number of aromatic nitrogens is 2. The van der Waals surface area contributed by atoms with Crippen LogP contribution in [0.1, 0.15) is 18.2 Å². The van der Waals surface area contributed by atoms with Gasteiger partial charge in [0.05, 0.1) is 31.4 Å². The Bertz CT molecular complexity index is 1210. The SMILES string of the molecule is COc1cc(/C=C2\OCCN=C2N/C=C(/C)Nc2ccc(F)cc2)ccc1-n1cnc(C)c1. The van der Waals surface area contributed by atoms with Crippen molar-refractivity contribution in [3.8, 4) is 11.4 Å². The molecule has 2 N–H and O–H groups in total. The first-order chi connectivity index (χ1) is 16.0. The van der Waals surface area contributed by atoms with E-state index in [0.717, 1.165) is 34.1 Å². The van der Waals surface area contributed by atoms with Gasteiger partial charge in [0.15, 0.2) is 11.6 Å². The van der Waals surface area contributed by atoms with Crippen LogP contribution in [0.4, 0.5) is 10.1 Å². The lowest BCUT2D eigenvalue weighted by atomic mass is 10.1. The van der Waals surface area contributed by atoms with Gasteiger partial charge in [0.25, 0.3) is 0 Å². The van der Waals surface area contributed by atoms with E-state index in [9.17, 15) is 4.39 Å². The van der Waals surface area contributed by atoms with Crippen LogP contribution in [0.2, 0.25) is 0 Å². The second-order valence-corrected chi connectivity index (χ2v) is 7.54. The van der Waals surface area contributed by atoms with Gasteiger partial charge in [0.2, 0.25) is 0 Å². The molecule has 1 aromatic heterocycles. The molecule has 0 fully saturated rings. The van der Waals surface area contributed by atoms with Gasteiger partial charge in [0.1, 0.15) is 18.2 Å². The van der Waals surface area contributed by atoms with E-state index in [4.69, 9.17) is 9.47 Å². The summed E-state index contributed by atoms with van der Waals surface area (Å²) in [5.41, 5.74) is 4.40. The Kier molecular flexibility index (Phi) is 6.73. The van der Waals surface area contributed by atoms with Crippen molar-refractivity contribution < 1.29 is 13.9 Å². The first kappa shape index (κ1) is 22.1. The monoisotopic (exact) mass is 447 g/mol. The van der Waals surface area contributed by atoms with Crippen LogP contribution < -0.4 is 15.4 Å². The zero-order chi connectivity index (χ0) is 23.2. The predicted octanol–water partition coefficient (Wildman–Crippen LogP) is 4.66. The van der Waals surface area contributed by atoms with Crippen molar-refractivity contribution in [1.29, 1.82) is 0 Å². The predicted molar refractivity (Wildman–Crippen MR) is 128 cm³/mol. The minimum Gasteiger partial charge on any atom is -0.495 e. The number of ether oxygens (including phenoxy) is 2. The number of rotatable bonds is 6. The lowest BCUT2D eigenvalue weighted by Gasteiger charge is -2.18. The second-order valence-electron chi connectivity index (χ2n) is 7.54. The number of halogens is 1. The lowest BCUT2D eigenvalue weighted by Crippen LogP contribution is -2.27. The van der Waals surface area contributed by atoms with Gasteiger partial charge in [-0.3, -0.25) is 4.99 Å². The number of benzene rings is 2. The number of methoxy groups -OCH3 is 1. The average Bonchev–Trinajstić information content (AvgIpc) is 3.26. The van der Waals surface area contributed by atoms with Crippen LogP contribution in [-0.2, 0) is 4.74 Å². The van der Waals surface area contributed by atoms with Gasteiger partial charge in [-0.1, -0.05) is 6.07 Å². The summed E-state index contributed by atoms with van der Waals surface area (Å²) in [6, 6.07) is 12.1. The maximum atomic E-state index is 13.1. The van der Waals surface area contributed by atoms with Crippen LogP contribution in [0.25, 0.3) is 11.8 Å². The molecule has 0 radical (unpaired) electrons. The van der Waals surface area contributed by atoms with E-state index in [2.05, 4.69) is 20.6 Å². The van der Waals surface area contributed by atoms with Crippen molar-refractivity contribution in [2.75, 3.05) is 25.6 Å². The molecular weight excluding hydrogens is 421 g/mol. The summed E-state index contributed by atoms with van der Waals surface area (Å²) in [7, 11) is 1.65. The number of nitrogens with zero attached hydrogens (tertiary/aromatic N) is 3. The average molecular weight is 448 g/mol. The van der Waals surface area contributed by atoms with E-state index in [-0.39, 0.29) is 5.82 Å². The molecule has 7 nitrogen and oxygen atoms in total. The molecule has 0 bridgehead atoms. The maximum absolute atomic E-state index is 13.1. The van der Waals surface area contributed by atoms with Crippen LogP contribution in [-0.4, -0.2) is 35.6 Å². The van der Waals surface area contributed by atoms with Crippen molar-refractivity contribution in [3.63, 3.8) is 0 Å². The number of allylic oxidation sites excluding steroid dienone is 1. The fourth-order valence-corrected chi connectivity index (χ4v) is 3.36. The molecule has 170 valence electrons. The first-order valence-electron chi connectivity index (χ1n) is 10.6. The number of hydrogen-bond donors (Lipinski definition) is 2. The summed E-state index contributed by atoms with van der Waals surface area (Å²) < 4.78 is 26.5. The van der Waals surface area contributed by atoms with Crippen LogP contribution in [0.5, 0.6) is 5.75 Å². The molecule has 33 heavy (non-hydrogen) atoms. The van der Waals surface area contributed by atoms with Crippen molar-refractivity contribution >= 4 is 17.6 Å². The van der Waals surface area contributed by atoms with Crippen molar-refractivity contribution in [3.05, 3.63) is 89.7 Å². The third-order valence-corrected chi connectivity index (χ3v) is 4.95. The molecule has 0 saturated heterocycles. The summed E-state index contributed by atoms with van der Waals surface area (Å²) >= 11 is 0. The Hall–Kier alpha value is -4.07. The topological polar surface area (TPSA) is 72.7 Å². The number of amidine groups is 1. The molecule has 0 spiro atoms. The van der Waals surface area contributed by atoms with Crippen LogP contribution >= 0.6 is 0 Å². The van der Waals surface area contributed by atoms with Gasteiger partial charge in [-0.05, 0) is 61.9 Å².